The van der Waals surface area contributed by atoms with Gasteiger partial charge in [-0.05, 0) is 0 Å². The predicted octanol–water partition coefficient (Wildman–Crippen LogP) is 0.216. The highest BCUT2D eigenvalue weighted by Gasteiger charge is 2.15. The van der Waals surface area contributed by atoms with Crippen molar-refractivity contribution in [3.05, 3.63) is 12.0 Å². The molecule has 1 heterocycles. The molecule has 10 heavy (non-hydrogen) atoms. The molecule has 0 aromatic heterocycles. The van der Waals surface area contributed by atoms with E-state index < -0.39 is 6.10 Å². The van der Waals surface area contributed by atoms with Gasteiger partial charge in [0.15, 0.2) is 5.76 Å². The van der Waals surface area contributed by atoms with E-state index in [9.17, 15) is 0 Å². The minimum atomic E-state index is -0.715. The van der Waals surface area contributed by atoms with E-state index in [4.69, 9.17) is 21.0 Å². The van der Waals surface area contributed by atoms with Crippen molar-refractivity contribution >= 4 is 0 Å². The van der Waals surface area contributed by atoms with Gasteiger partial charge in [0.05, 0.1) is 0 Å². The van der Waals surface area contributed by atoms with E-state index in [1.807, 2.05) is 0 Å². The Morgan fingerprint density at radius 1 is 1.90 bits per heavy atom. The Labute approximate surface area is 59.3 Å². The summed E-state index contributed by atoms with van der Waals surface area (Å²) in [4.78, 5) is 0. The molecule has 0 bridgehead atoms. The van der Waals surface area contributed by atoms with Crippen LogP contribution in [0.25, 0.3) is 0 Å². The minimum absolute atomic E-state index is 0.178. The van der Waals surface area contributed by atoms with Gasteiger partial charge in [0.1, 0.15) is 12.4 Å². The van der Waals surface area contributed by atoms with Crippen molar-refractivity contribution in [3.8, 4) is 12.3 Å². The first-order chi connectivity index (χ1) is 4.84. The molecule has 0 aromatic carbocycles. The molecular weight excluding hydrogens is 132 g/mol. The number of hydrogen-bond donors (Lipinski definition) is 1. The third-order valence-electron chi connectivity index (χ3n) is 1.13. The lowest BCUT2D eigenvalue weighted by Crippen LogP contribution is -2.09. The number of terminal acetylenes is 1. The van der Waals surface area contributed by atoms with Crippen LogP contribution in [0.5, 0.6) is 0 Å². The number of ether oxygens (including phenoxy) is 2. The maximum absolute atomic E-state index is 9.13. The number of aliphatic hydroxyl groups is 1. The highest BCUT2D eigenvalue weighted by molar-refractivity contribution is 5.03. The van der Waals surface area contributed by atoms with Crippen LogP contribution in [0, 0.1) is 12.3 Å². The Kier molecular flexibility index (Phi) is 2.19. The Bertz CT molecular complexity index is 178. The molecule has 1 rings (SSSR count). The zero-order valence-electron chi connectivity index (χ0n) is 5.41. The lowest BCUT2D eigenvalue weighted by molar-refractivity contribution is 0.0513. The first kappa shape index (κ1) is 6.97. The molecule has 0 saturated heterocycles. The molecule has 0 fully saturated rings. The summed E-state index contributed by atoms with van der Waals surface area (Å²) >= 11 is 0. The van der Waals surface area contributed by atoms with Gasteiger partial charge in [-0.25, -0.2) is 0 Å². The van der Waals surface area contributed by atoms with E-state index >= 15 is 0 Å². The van der Waals surface area contributed by atoms with Crippen molar-refractivity contribution in [3.63, 3.8) is 0 Å². The van der Waals surface area contributed by atoms with E-state index in [2.05, 4.69) is 5.92 Å². The highest BCUT2D eigenvalue weighted by Crippen LogP contribution is 2.12. The van der Waals surface area contributed by atoms with Crippen molar-refractivity contribution < 1.29 is 14.6 Å². The summed E-state index contributed by atoms with van der Waals surface area (Å²) < 4.78 is 9.57. The minimum Gasteiger partial charge on any atom is -0.462 e. The SMILES string of the molecule is C#CCC(O)C1=COCO1. The van der Waals surface area contributed by atoms with E-state index in [1.165, 1.54) is 6.26 Å². The quantitative estimate of drug-likeness (QED) is 0.557. The summed E-state index contributed by atoms with van der Waals surface area (Å²) in [7, 11) is 0. The van der Waals surface area contributed by atoms with Crippen LogP contribution < -0.4 is 0 Å². The van der Waals surface area contributed by atoms with Gasteiger partial charge in [-0.15, -0.1) is 12.3 Å². The topological polar surface area (TPSA) is 38.7 Å². The summed E-state index contributed by atoms with van der Waals surface area (Å²) in [5, 5.41) is 9.13. The van der Waals surface area contributed by atoms with Crippen molar-refractivity contribution in [2.75, 3.05) is 6.79 Å². The van der Waals surface area contributed by atoms with Gasteiger partial charge in [0, 0.05) is 6.42 Å². The zero-order chi connectivity index (χ0) is 7.40. The normalized spacial score (nSPS) is 18.2. The van der Waals surface area contributed by atoms with Crippen molar-refractivity contribution in [1.82, 2.24) is 0 Å². The van der Waals surface area contributed by atoms with E-state index in [1.54, 1.807) is 0 Å². The third-order valence-corrected chi connectivity index (χ3v) is 1.13. The van der Waals surface area contributed by atoms with Crippen LogP contribution in [0.3, 0.4) is 0 Å². The van der Waals surface area contributed by atoms with Gasteiger partial charge in [-0.1, -0.05) is 0 Å². The van der Waals surface area contributed by atoms with E-state index in [0.717, 1.165) is 0 Å². The summed E-state index contributed by atoms with van der Waals surface area (Å²) in [5.74, 6) is 2.73. The van der Waals surface area contributed by atoms with Gasteiger partial charge < -0.3 is 14.6 Å². The molecule has 1 unspecified atom stereocenters. The van der Waals surface area contributed by atoms with Crippen molar-refractivity contribution in [1.29, 1.82) is 0 Å². The molecule has 1 aliphatic heterocycles. The molecule has 54 valence electrons. The largest absolute Gasteiger partial charge is 0.462 e. The summed E-state index contributed by atoms with van der Waals surface area (Å²) in [5.41, 5.74) is 0. The second kappa shape index (κ2) is 3.14. The zero-order valence-corrected chi connectivity index (χ0v) is 5.41. The molecule has 3 nitrogen and oxygen atoms in total. The molecule has 0 aromatic rings. The monoisotopic (exact) mass is 140 g/mol. The van der Waals surface area contributed by atoms with Gasteiger partial charge in [-0.2, -0.15) is 0 Å². The number of aliphatic hydroxyl groups excluding tert-OH is 1. The molecule has 0 radical (unpaired) electrons. The fourth-order valence-electron chi connectivity index (χ4n) is 0.639. The number of hydrogen-bond acceptors (Lipinski definition) is 3. The van der Waals surface area contributed by atoms with Crippen LogP contribution in [0.2, 0.25) is 0 Å². The summed E-state index contributed by atoms with van der Waals surface area (Å²) in [6.07, 6.45) is 5.88. The van der Waals surface area contributed by atoms with Crippen LogP contribution in [0.1, 0.15) is 6.42 Å². The first-order valence-corrected chi connectivity index (χ1v) is 2.90. The molecule has 0 saturated carbocycles. The Hall–Kier alpha value is -1.14. The molecule has 0 aliphatic carbocycles. The van der Waals surface area contributed by atoms with Gasteiger partial charge in [0.2, 0.25) is 6.79 Å². The van der Waals surface area contributed by atoms with Crippen molar-refractivity contribution in [2.24, 2.45) is 0 Å². The maximum atomic E-state index is 9.13. The fourth-order valence-corrected chi connectivity index (χ4v) is 0.639. The highest BCUT2D eigenvalue weighted by atomic mass is 16.7. The van der Waals surface area contributed by atoms with Gasteiger partial charge >= 0.3 is 0 Å². The third kappa shape index (κ3) is 1.42. The molecule has 1 N–H and O–H groups in total. The van der Waals surface area contributed by atoms with E-state index in [-0.39, 0.29) is 13.2 Å². The lowest BCUT2D eigenvalue weighted by Gasteiger charge is -2.04. The van der Waals surface area contributed by atoms with Crippen LogP contribution in [0.15, 0.2) is 12.0 Å². The lowest BCUT2D eigenvalue weighted by atomic mass is 10.2. The second-order valence-electron chi connectivity index (χ2n) is 1.87. The molecule has 1 atom stereocenters. The smallest absolute Gasteiger partial charge is 0.230 e. The van der Waals surface area contributed by atoms with Crippen LogP contribution >= 0.6 is 0 Å². The standard InChI is InChI=1S/C7H8O3/c1-2-3-6(8)7-4-9-5-10-7/h1,4,6,8H,3,5H2. The van der Waals surface area contributed by atoms with Crippen molar-refractivity contribution in [2.45, 2.75) is 12.5 Å². The van der Waals surface area contributed by atoms with Crippen LogP contribution in [-0.4, -0.2) is 18.0 Å². The average Bonchev–Trinajstić information content (AvgIpc) is 2.38. The molecule has 3 heteroatoms. The summed E-state index contributed by atoms with van der Waals surface area (Å²) in [6.45, 7) is 0.178. The fraction of sp³-hybridized carbons (Fsp3) is 0.429. The Morgan fingerprint density at radius 3 is 3.20 bits per heavy atom. The Balaban J connectivity index is 2.41. The van der Waals surface area contributed by atoms with Crippen LogP contribution in [-0.2, 0) is 9.47 Å². The summed E-state index contributed by atoms with van der Waals surface area (Å²) in [6, 6.07) is 0. The molecule has 0 spiro atoms. The van der Waals surface area contributed by atoms with Crippen LogP contribution in [0.4, 0.5) is 0 Å². The molecule has 0 amide bonds. The molecular formula is C7H8O3. The number of rotatable bonds is 2. The first-order valence-electron chi connectivity index (χ1n) is 2.90. The second-order valence-corrected chi connectivity index (χ2v) is 1.87. The van der Waals surface area contributed by atoms with E-state index in [0.29, 0.717) is 5.76 Å². The average molecular weight is 140 g/mol. The Morgan fingerprint density at radius 2 is 2.70 bits per heavy atom. The predicted molar refractivity (Wildman–Crippen MR) is 34.6 cm³/mol. The van der Waals surface area contributed by atoms with Gasteiger partial charge in [-0.3, -0.25) is 0 Å². The molecule has 1 aliphatic rings. The maximum Gasteiger partial charge on any atom is 0.230 e. The van der Waals surface area contributed by atoms with Gasteiger partial charge in [0.25, 0.3) is 0 Å².